The summed E-state index contributed by atoms with van der Waals surface area (Å²) in [7, 11) is 2.02. The number of benzene rings is 1. The third-order valence-corrected chi connectivity index (χ3v) is 3.46. The maximum atomic E-state index is 9.35. The van der Waals surface area contributed by atoms with E-state index < -0.39 is 0 Å². The Morgan fingerprint density at radius 2 is 2.05 bits per heavy atom. The van der Waals surface area contributed by atoms with Crippen molar-refractivity contribution in [3.63, 3.8) is 0 Å². The zero-order valence-electron chi connectivity index (χ0n) is 13.4. The van der Waals surface area contributed by atoms with E-state index >= 15 is 0 Å². The molecule has 0 aliphatic carbocycles. The summed E-state index contributed by atoms with van der Waals surface area (Å²) in [4.78, 5) is 2.12. The minimum atomic E-state index is 0.255. The van der Waals surface area contributed by atoms with Crippen molar-refractivity contribution < 1.29 is 5.11 Å². The summed E-state index contributed by atoms with van der Waals surface area (Å²) >= 11 is 0. The molecule has 1 aromatic carbocycles. The van der Waals surface area contributed by atoms with Gasteiger partial charge >= 0.3 is 0 Å². The van der Waals surface area contributed by atoms with E-state index in [-0.39, 0.29) is 6.61 Å². The number of aliphatic hydroxyl groups is 1. The summed E-state index contributed by atoms with van der Waals surface area (Å²) in [6, 6.07) is 8.81. The lowest BCUT2D eigenvalue weighted by Gasteiger charge is -2.21. The van der Waals surface area contributed by atoms with E-state index in [1.54, 1.807) is 0 Å². The molecular weight excluding hydrogens is 262 g/mol. The molecule has 0 saturated carbocycles. The molecule has 0 bridgehead atoms. The van der Waals surface area contributed by atoms with Crippen LogP contribution in [0.1, 0.15) is 44.2 Å². The van der Waals surface area contributed by atoms with E-state index in [0.717, 1.165) is 49.2 Å². The lowest BCUT2D eigenvalue weighted by atomic mass is 10.1. The lowest BCUT2D eigenvalue weighted by Crippen LogP contribution is -2.22. The largest absolute Gasteiger partial charge is 0.396 e. The van der Waals surface area contributed by atoms with Gasteiger partial charge in [-0.3, -0.25) is 0 Å². The number of nitrogens with one attached hydrogen (secondary N) is 1. The van der Waals surface area contributed by atoms with Crippen LogP contribution in [0.15, 0.2) is 18.2 Å². The number of hydrogen-bond acceptors (Lipinski definition) is 4. The Hall–Kier alpha value is -1.57. The second-order valence-corrected chi connectivity index (χ2v) is 5.70. The third-order valence-electron chi connectivity index (χ3n) is 3.46. The van der Waals surface area contributed by atoms with Gasteiger partial charge in [-0.1, -0.05) is 19.9 Å². The van der Waals surface area contributed by atoms with Crippen molar-refractivity contribution in [1.29, 1.82) is 5.26 Å². The van der Waals surface area contributed by atoms with Crippen molar-refractivity contribution in [3.05, 3.63) is 29.3 Å². The molecule has 0 heterocycles. The van der Waals surface area contributed by atoms with Crippen molar-refractivity contribution in [2.45, 2.75) is 45.7 Å². The van der Waals surface area contributed by atoms with Crippen molar-refractivity contribution in [1.82, 2.24) is 5.32 Å². The zero-order valence-corrected chi connectivity index (χ0v) is 13.4. The van der Waals surface area contributed by atoms with Gasteiger partial charge in [-0.2, -0.15) is 5.26 Å². The molecule has 0 fully saturated rings. The number of anilines is 1. The van der Waals surface area contributed by atoms with Gasteiger partial charge in [0.15, 0.2) is 0 Å². The fourth-order valence-electron chi connectivity index (χ4n) is 2.20. The molecule has 4 nitrogen and oxygen atoms in total. The van der Waals surface area contributed by atoms with Crippen LogP contribution in [0.5, 0.6) is 0 Å². The summed E-state index contributed by atoms with van der Waals surface area (Å²) in [5, 5.41) is 21.5. The summed E-state index contributed by atoms with van der Waals surface area (Å²) in [6.07, 6.45) is 2.89. The molecule has 2 N–H and O–H groups in total. The van der Waals surface area contributed by atoms with Crippen molar-refractivity contribution in [3.8, 4) is 6.07 Å². The molecule has 0 amide bonds. The van der Waals surface area contributed by atoms with Crippen molar-refractivity contribution in [2.75, 3.05) is 25.1 Å². The van der Waals surface area contributed by atoms with Crippen LogP contribution in [0, 0.1) is 11.3 Å². The predicted octanol–water partition coefficient (Wildman–Crippen LogP) is 2.66. The third kappa shape index (κ3) is 6.16. The van der Waals surface area contributed by atoms with Gasteiger partial charge in [0.05, 0.1) is 11.3 Å². The fourth-order valence-corrected chi connectivity index (χ4v) is 2.20. The fraction of sp³-hybridized carbons (Fsp3) is 0.588. The molecule has 21 heavy (non-hydrogen) atoms. The summed E-state index contributed by atoms with van der Waals surface area (Å²) in [6.45, 7) is 6.16. The average Bonchev–Trinajstić information content (AvgIpc) is 2.49. The van der Waals surface area contributed by atoms with Gasteiger partial charge in [-0.25, -0.2) is 0 Å². The topological polar surface area (TPSA) is 59.3 Å². The van der Waals surface area contributed by atoms with E-state index in [1.807, 2.05) is 19.2 Å². The Balaban J connectivity index is 2.67. The Bertz CT molecular complexity index is 466. The van der Waals surface area contributed by atoms with Crippen LogP contribution in [-0.4, -0.2) is 31.3 Å². The quantitative estimate of drug-likeness (QED) is 0.686. The molecule has 0 radical (unpaired) electrons. The molecule has 0 saturated heterocycles. The van der Waals surface area contributed by atoms with E-state index in [9.17, 15) is 5.26 Å². The monoisotopic (exact) mass is 289 g/mol. The Morgan fingerprint density at radius 1 is 1.29 bits per heavy atom. The molecule has 0 aliphatic heterocycles. The summed E-state index contributed by atoms with van der Waals surface area (Å²) in [5.74, 6) is 0. The molecule has 0 aromatic heterocycles. The molecule has 0 aliphatic rings. The van der Waals surface area contributed by atoms with Gasteiger partial charge in [0.1, 0.15) is 6.07 Å². The maximum Gasteiger partial charge on any atom is 0.101 e. The number of rotatable bonds is 9. The minimum absolute atomic E-state index is 0.255. The van der Waals surface area contributed by atoms with Crippen LogP contribution in [0.3, 0.4) is 0 Å². The van der Waals surface area contributed by atoms with Crippen LogP contribution in [0.25, 0.3) is 0 Å². The first kappa shape index (κ1) is 17.5. The van der Waals surface area contributed by atoms with E-state index in [4.69, 9.17) is 5.11 Å². The van der Waals surface area contributed by atoms with Crippen LogP contribution in [0.4, 0.5) is 5.69 Å². The molecule has 1 aromatic rings. The van der Waals surface area contributed by atoms with Gasteiger partial charge in [0, 0.05) is 32.8 Å². The second kappa shape index (κ2) is 9.38. The minimum Gasteiger partial charge on any atom is -0.396 e. The number of aliphatic hydroxyl groups excluding tert-OH is 1. The van der Waals surface area contributed by atoms with Crippen LogP contribution in [-0.2, 0) is 6.54 Å². The Morgan fingerprint density at radius 3 is 2.67 bits per heavy atom. The van der Waals surface area contributed by atoms with Gasteiger partial charge < -0.3 is 15.3 Å². The molecule has 1 rings (SSSR count). The summed E-state index contributed by atoms with van der Waals surface area (Å²) in [5.41, 5.74) is 2.84. The highest BCUT2D eigenvalue weighted by Gasteiger charge is 2.08. The van der Waals surface area contributed by atoms with Crippen molar-refractivity contribution in [2.24, 2.45) is 0 Å². The Labute approximate surface area is 128 Å². The van der Waals surface area contributed by atoms with Gasteiger partial charge in [0.25, 0.3) is 0 Å². The average molecular weight is 289 g/mol. The first-order valence-electron chi connectivity index (χ1n) is 7.67. The van der Waals surface area contributed by atoms with Crippen LogP contribution in [0.2, 0.25) is 0 Å². The molecule has 0 spiro atoms. The maximum absolute atomic E-state index is 9.35. The first-order chi connectivity index (χ1) is 10.1. The highest BCUT2D eigenvalue weighted by Crippen LogP contribution is 2.21. The molecular formula is C17H27N3O. The van der Waals surface area contributed by atoms with Crippen LogP contribution < -0.4 is 10.2 Å². The lowest BCUT2D eigenvalue weighted by molar-refractivity contribution is 0.283. The number of nitrogens with zero attached hydrogens (tertiary/aromatic N) is 2. The van der Waals surface area contributed by atoms with E-state index in [0.29, 0.717) is 6.04 Å². The Kier molecular flexibility index (Phi) is 7.81. The van der Waals surface area contributed by atoms with Gasteiger partial charge in [-0.05, 0) is 37.0 Å². The number of unbranched alkanes of at least 4 members (excludes halogenated alkanes) is 2. The molecule has 116 valence electrons. The standard InChI is InChI=1S/C17H27N3O/c1-14(2)19-13-15-7-8-17(16(11-15)12-18)20(3)9-5-4-6-10-21/h7-8,11,14,19,21H,4-6,9-10,13H2,1-3H3. The number of nitriles is 1. The van der Waals surface area contributed by atoms with Crippen LogP contribution >= 0.6 is 0 Å². The highest BCUT2D eigenvalue weighted by molar-refractivity contribution is 5.60. The first-order valence-corrected chi connectivity index (χ1v) is 7.67. The smallest absolute Gasteiger partial charge is 0.101 e. The zero-order chi connectivity index (χ0) is 15.7. The van der Waals surface area contributed by atoms with E-state index in [1.165, 1.54) is 0 Å². The summed E-state index contributed by atoms with van der Waals surface area (Å²) < 4.78 is 0. The van der Waals surface area contributed by atoms with Crippen molar-refractivity contribution >= 4 is 5.69 Å². The van der Waals surface area contributed by atoms with Gasteiger partial charge in [-0.15, -0.1) is 0 Å². The van der Waals surface area contributed by atoms with E-state index in [2.05, 4.69) is 36.2 Å². The van der Waals surface area contributed by atoms with Gasteiger partial charge in [0.2, 0.25) is 0 Å². The molecule has 0 atom stereocenters. The predicted molar refractivity (Wildman–Crippen MR) is 87.3 cm³/mol. The number of hydrogen-bond donors (Lipinski definition) is 2. The normalized spacial score (nSPS) is 10.7. The molecule has 0 unspecified atom stereocenters. The SMILES string of the molecule is CC(C)NCc1ccc(N(C)CCCCCO)c(C#N)c1. The molecule has 4 heteroatoms. The second-order valence-electron chi connectivity index (χ2n) is 5.70. The highest BCUT2D eigenvalue weighted by atomic mass is 16.2.